The van der Waals surface area contributed by atoms with E-state index < -0.39 is 0 Å². The summed E-state index contributed by atoms with van der Waals surface area (Å²) >= 11 is 14.4. The van der Waals surface area contributed by atoms with Crippen LogP contribution in [0.15, 0.2) is 28.9 Å². The fourth-order valence-electron chi connectivity index (χ4n) is 1.41. The van der Waals surface area contributed by atoms with Crippen molar-refractivity contribution in [3.8, 4) is 5.69 Å². The minimum atomic E-state index is 0.368. The van der Waals surface area contributed by atoms with E-state index in [1.807, 2.05) is 25.1 Å². The van der Waals surface area contributed by atoms with E-state index in [4.69, 9.17) is 29.6 Å². The second kappa shape index (κ2) is 4.76. The number of nitrogens with zero attached hydrogens (tertiary/aromatic N) is 2. The summed E-state index contributed by atoms with van der Waals surface area (Å²) in [6, 6.07) is 5.61. The fraction of sp³-hybridized carbons (Fsp3) is 0.0909. The zero-order valence-electron chi connectivity index (χ0n) is 8.95. The van der Waals surface area contributed by atoms with E-state index in [9.17, 15) is 0 Å². The standard InChI is InChI=1S/C11H9BrClN3S/c1-6-9(13)5-16(15-6)10-3-2-7(11(14)17)4-8(10)12/h2-5H,1H3,(H2,14,17). The first-order valence-electron chi connectivity index (χ1n) is 4.80. The van der Waals surface area contributed by atoms with Crippen LogP contribution in [0.5, 0.6) is 0 Å². The van der Waals surface area contributed by atoms with Crippen LogP contribution in [-0.2, 0) is 0 Å². The molecule has 3 nitrogen and oxygen atoms in total. The van der Waals surface area contributed by atoms with Crippen molar-refractivity contribution in [2.45, 2.75) is 6.92 Å². The second-order valence-electron chi connectivity index (χ2n) is 3.54. The normalized spacial score (nSPS) is 10.5. The summed E-state index contributed by atoms with van der Waals surface area (Å²) in [4.78, 5) is 0.368. The molecule has 6 heteroatoms. The number of hydrogen-bond donors (Lipinski definition) is 1. The maximum Gasteiger partial charge on any atom is 0.104 e. The monoisotopic (exact) mass is 329 g/mol. The Labute approximate surface area is 118 Å². The van der Waals surface area contributed by atoms with Gasteiger partial charge in [0, 0.05) is 16.2 Å². The number of halogens is 2. The van der Waals surface area contributed by atoms with E-state index in [0.717, 1.165) is 21.4 Å². The molecule has 0 atom stereocenters. The first-order valence-corrected chi connectivity index (χ1v) is 6.38. The summed E-state index contributed by atoms with van der Waals surface area (Å²) in [7, 11) is 0. The van der Waals surface area contributed by atoms with Crippen molar-refractivity contribution in [2.24, 2.45) is 5.73 Å². The topological polar surface area (TPSA) is 43.8 Å². The summed E-state index contributed by atoms with van der Waals surface area (Å²) < 4.78 is 2.58. The van der Waals surface area contributed by atoms with Crippen LogP contribution in [0.25, 0.3) is 5.69 Å². The fourth-order valence-corrected chi connectivity index (χ4v) is 2.23. The molecule has 88 valence electrons. The van der Waals surface area contributed by atoms with Crippen LogP contribution in [0, 0.1) is 6.92 Å². The summed E-state index contributed by atoms with van der Waals surface area (Å²) in [5, 5.41) is 4.94. The van der Waals surface area contributed by atoms with Crippen LogP contribution in [0.1, 0.15) is 11.3 Å². The highest BCUT2D eigenvalue weighted by Crippen LogP contribution is 2.24. The smallest absolute Gasteiger partial charge is 0.104 e. The van der Waals surface area contributed by atoms with Gasteiger partial charge in [0.05, 0.1) is 16.4 Å². The third kappa shape index (κ3) is 2.51. The highest BCUT2D eigenvalue weighted by atomic mass is 79.9. The van der Waals surface area contributed by atoms with Crippen LogP contribution >= 0.6 is 39.7 Å². The molecule has 1 heterocycles. The molecule has 0 saturated heterocycles. The predicted molar refractivity (Wildman–Crippen MR) is 76.9 cm³/mol. The molecular formula is C11H9BrClN3S. The molecule has 0 aliphatic heterocycles. The lowest BCUT2D eigenvalue weighted by molar-refractivity contribution is 0.858. The zero-order chi connectivity index (χ0) is 12.6. The molecule has 17 heavy (non-hydrogen) atoms. The largest absolute Gasteiger partial charge is 0.389 e. The van der Waals surface area contributed by atoms with E-state index >= 15 is 0 Å². The molecule has 0 bridgehead atoms. The first kappa shape index (κ1) is 12.5. The SMILES string of the molecule is Cc1nn(-c2ccc(C(N)=S)cc2Br)cc1Cl. The van der Waals surface area contributed by atoms with Crippen LogP contribution in [0.3, 0.4) is 0 Å². The van der Waals surface area contributed by atoms with Gasteiger partial charge in [-0.1, -0.05) is 23.8 Å². The zero-order valence-corrected chi connectivity index (χ0v) is 12.1. The molecule has 0 spiro atoms. The highest BCUT2D eigenvalue weighted by molar-refractivity contribution is 9.10. The Bertz CT molecular complexity index is 575. The van der Waals surface area contributed by atoms with E-state index in [-0.39, 0.29) is 0 Å². The predicted octanol–water partition coefficient (Wildman–Crippen LogP) is 3.23. The Morgan fingerprint density at radius 2 is 2.24 bits per heavy atom. The van der Waals surface area contributed by atoms with Gasteiger partial charge in [-0.05, 0) is 41.1 Å². The number of aryl methyl sites for hydroxylation is 1. The van der Waals surface area contributed by atoms with Gasteiger partial charge in [-0.2, -0.15) is 5.10 Å². The van der Waals surface area contributed by atoms with Crippen molar-refractivity contribution in [3.05, 3.63) is 45.1 Å². The average Bonchev–Trinajstić information content (AvgIpc) is 2.58. The van der Waals surface area contributed by atoms with Crippen LogP contribution in [0.4, 0.5) is 0 Å². The minimum Gasteiger partial charge on any atom is -0.389 e. The van der Waals surface area contributed by atoms with Gasteiger partial charge in [0.2, 0.25) is 0 Å². The molecule has 0 radical (unpaired) electrons. The Hall–Kier alpha value is -0.910. The Morgan fingerprint density at radius 1 is 1.53 bits per heavy atom. The number of nitrogens with two attached hydrogens (primary N) is 1. The molecule has 0 amide bonds. The molecule has 1 aromatic heterocycles. The summed E-state index contributed by atoms with van der Waals surface area (Å²) in [6.07, 6.45) is 1.76. The molecule has 1 aromatic carbocycles. The summed E-state index contributed by atoms with van der Waals surface area (Å²) in [5.41, 5.74) is 8.06. The quantitative estimate of drug-likeness (QED) is 0.860. The molecule has 0 aliphatic rings. The number of rotatable bonds is 2. The molecule has 0 saturated carbocycles. The van der Waals surface area contributed by atoms with Gasteiger partial charge in [-0.25, -0.2) is 4.68 Å². The van der Waals surface area contributed by atoms with Gasteiger partial charge in [0.25, 0.3) is 0 Å². The third-order valence-corrected chi connectivity index (χ3v) is 3.56. The second-order valence-corrected chi connectivity index (χ2v) is 5.24. The number of thiocarbonyl (C=S) groups is 1. The van der Waals surface area contributed by atoms with Crippen LogP contribution in [-0.4, -0.2) is 14.8 Å². The third-order valence-electron chi connectivity index (χ3n) is 2.32. The first-order chi connectivity index (χ1) is 7.99. The average molecular weight is 331 g/mol. The van der Waals surface area contributed by atoms with Gasteiger partial charge in [-0.15, -0.1) is 0 Å². The number of aromatic nitrogens is 2. The minimum absolute atomic E-state index is 0.368. The maximum atomic E-state index is 5.97. The molecule has 0 aliphatic carbocycles. The van der Waals surface area contributed by atoms with Crippen molar-refractivity contribution in [1.29, 1.82) is 0 Å². The van der Waals surface area contributed by atoms with Gasteiger partial charge < -0.3 is 5.73 Å². The van der Waals surface area contributed by atoms with Gasteiger partial charge in [-0.3, -0.25) is 0 Å². The van der Waals surface area contributed by atoms with Crippen LogP contribution in [0.2, 0.25) is 5.02 Å². The van der Waals surface area contributed by atoms with Crippen molar-refractivity contribution in [1.82, 2.24) is 9.78 Å². The van der Waals surface area contributed by atoms with Gasteiger partial charge >= 0.3 is 0 Å². The Kier molecular flexibility index (Phi) is 3.51. The molecule has 0 fully saturated rings. The molecule has 2 aromatic rings. The van der Waals surface area contributed by atoms with E-state index in [2.05, 4.69) is 21.0 Å². The highest BCUT2D eigenvalue weighted by Gasteiger charge is 2.08. The summed E-state index contributed by atoms with van der Waals surface area (Å²) in [5.74, 6) is 0. The lowest BCUT2D eigenvalue weighted by atomic mass is 10.2. The number of hydrogen-bond acceptors (Lipinski definition) is 2. The van der Waals surface area contributed by atoms with Gasteiger partial charge in [0.1, 0.15) is 4.99 Å². The lowest BCUT2D eigenvalue weighted by Gasteiger charge is -2.06. The van der Waals surface area contributed by atoms with Crippen molar-refractivity contribution in [3.63, 3.8) is 0 Å². The molecular weight excluding hydrogens is 322 g/mol. The Balaban J connectivity index is 2.50. The molecule has 2 rings (SSSR count). The van der Waals surface area contributed by atoms with Crippen molar-refractivity contribution < 1.29 is 0 Å². The summed E-state index contributed by atoms with van der Waals surface area (Å²) in [6.45, 7) is 1.86. The number of benzene rings is 1. The lowest BCUT2D eigenvalue weighted by Crippen LogP contribution is -2.09. The van der Waals surface area contributed by atoms with Gasteiger partial charge in [0.15, 0.2) is 0 Å². The van der Waals surface area contributed by atoms with Crippen molar-refractivity contribution >= 4 is 44.7 Å². The van der Waals surface area contributed by atoms with E-state index in [1.165, 1.54) is 0 Å². The van der Waals surface area contributed by atoms with Crippen LogP contribution < -0.4 is 5.73 Å². The Morgan fingerprint density at radius 3 is 2.71 bits per heavy atom. The van der Waals surface area contributed by atoms with E-state index in [1.54, 1.807) is 10.9 Å². The molecule has 0 unspecified atom stereocenters. The molecule has 2 N–H and O–H groups in total. The maximum absolute atomic E-state index is 5.97. The van der Waals surface area contributed by atoms with E-state index in [0.29, 0.717) is 10.0 Å². The van der Waals surface area contributed by atoms with Crippen molar-refractivity contribution in [2.75, 3.05) is 0 Å².